The van der Waals surface area contributed by atoms with Gasteiger partial charge in [-0.2, -0.15) is 0 Å². The third-order valence-corrected chi connectivity index (χ3v) is 4.94. The van der Waals surface area contributed by atoms with Gasteiger partial charge in [0.05, 0.1) is 5.69 Å². The van der Waals surface area contributed by atoms with E-state index in [0.29, 0.717) is 0 Å². The molecule has 6 nitrogen and oxygen atoms in total. The van der Waals surface area contributed by atoms with E-state index < -0.39 is 0 Å². The molecule has 0 aromatic carbocycles. The number of hydrogen-bond acceptors (Lipinski definition) is 7. The van der Waals surface area contributed by atoms with Crippen LogP contribution in [0.1, 0.15) is 24.0 Å². The Bertz CT molecular complexity index is 763. The van der Waals surface area contributed by atoms with E-state index in [-0.39, 0.29) is 0 Å². The molecule has 21 heavy (non-hydrogen) atoms. The summed E-state index contributed by atoms with van der Waals surface area (Å²) in [6.07, 6.45) is 2.04. The zero-order chi connectivity index (χ0) is 14.8. The molecule has 3 aromatic rings. The van der Waals surface area contributed by atoms with Gasteiger partial charge in [0.15, 0.2) is 4.34 Å². The summed E-state index contributed by atoms with van der Waals surface area (Å²) in [4.78, 5) is 9.01. The molecule has 0 aliphatic heterocycles. The van der Waals surface area contributed by atoms with Gasteiger partial charge in [-0.1, -0.05) is 23.1 Å². The second-order valence-corrected chi connectivity index (χ2v) is 6.83. The number of thioether (sulfide) groups is 1. The first-order chi connectivity index (χ1) is 10.2. The molecule has 0 atom stereocenters. The van der Waals surface area contributed by atoms with Crippen LogP contribution in [0.2, 0.25) is 0 Å². The molecule has 0 spiro atoms. The molecule has 0 aliphatic carbocycles. The van der Waals surface area contributed by atoms with Gasteiger partial charge >= 0.3 is 0 Å². The Hall–Kier alpha value is -1.67. The highest BCUT2D eigenvalue weighted by Gasteiger charge is 2.08. The molecule has 0 fully saturated rings. The van der Waals surface area contributed by atoms with Gasteiger partial charge in [-0.15, -0.1) is 10.2 Å². The highest BCUT2D eigenvalue weighted by molar-refractivity contribution is 8.00. The predicted octanol–water partition coefficient (Wildman–Crippen LogP) is 2.92. The van der Waals surface area contributed by atoms with E-state index in [1.807, 2.05) is 24.4 Å². The molecule has 0 unspecified atom stereocenters. The van der Waals surface area contributed by atoms with Crippen molar-refractivity contribution < 1.29 is 0 Å². The van der Waals surface area contributed by atoms with E-state index in [2.05, 4.69) is 38.5 Å². The molecule has 3 rings (SSSR count). The average Bonchev–Trinajstić information content (AvgIpc) is 3.03. The number of fused-ring (bicyclic) bond motifs is 1. The molecule has 0 radical (unpaired) electrons. The molecule has 0 amide bonds. The molecular weight excluding hydrogens is 304 g/mol. The van der Waals surface area contributed by atoms with E-state index >= 15 is 0 Å². The van der Waals surface area contributed by atoms with Gasteiger partial charge in [-0.25, -0.2) is 9.97 Å². The first-order valence-electron chi connectivity index (χ1n) is 6.68. The standard InChI is InChI=1S/C13H16N6S2/c1-4-14-12-17-18-13(21-12)20-7-10-6-19-9(3)5-8(2)15-11(19)16-10/h5-6H,4,7H2,1-3H3,(H,14,17). The van der Waals surface area contributed by atoms with Crippen molar-refractivity contribution in [1.82, 2.24) is 24.6 Å². The molecule has 8 heteroatoms. The lowest BCUT2D eigenvalue weighted by molar-refractivity contribution is 1.00. The Balaban J connectivity index is 1.74. The Kier molecular flexibility index (Phi) is 4.07. The van der Waals surface area contributed by atoms with Gasteiger partial charge in [0, 0.05) is 29.9 Å². The zero-order valence-electron chi connectivity index (χ0n) is 12.1. The van der Waals surface area contributed by atoms with Crippen LogP contribution in [0.3, 0.4) is 0 Å². The first kappa shape index (κ1) is 14.3. The monoisotopic (exact) mass is 320 g/mol. The van der Waals surface area contributed by atoms with Crippen LogP contribution in [-0.2, 0) is 5.75 Å². The Labute approximate surface area is 131 Å². The summed E-state index contributed by atoms with van der Waals surface area (Å²) in [6, 6.07) is 2.05. The largest absolute Gasteiger partial charge is 0.360 e. The molecule has 1 N–H and O–H groups in total. The van der Waals surface area contributed by atoms with Crippen LogP contribution in [0, 0.1) is 13.8 Å². The van der Waals surface area contributed by atoms with Gasteiger partial charge in [0.1, 0.15) is 0 Å². The maximum absolute atomic E-state index is 4.56. The predicted molar refractivity (Wildman–Crippen MR) is 86.1 cm³/mol. The van der Waals surface area contributed by atoms with E-state index in [1.54, 1.807) is 23.1 Å². The van der Waals surface area contributed by atoms with Gasteiger partial charge in [-0.3, -0.25) is 4.40 Å². The van der Waals surface area contributed by atoms with Crippen LogP contribution >= 0.6 is 23.1 Å². The average molecular weight is 320 g/mol. The van der Waals surface area contributed by atoms with Crippen LogP contribution in [0.4, 0.5) is 5.13 Å². The Morgan fingerprint density at radius 1 is 1.29 bits per heavy atom. The van der Waals surface area contributed by atoms with E-state index in [9.17, 15) is 0 Å². The van der Waals surface area contributed by atoms with E-state index in [4.69, 9.17) is 0 Å². The fraction of sp³-hybridized carbons (Fsp3) is 0.385. The van der Waals surface area contributed by atoms with Crippen LogP contribution in [0.15, 0.2) is 16.6 Å². The maximum atomic E-state index is 4.56. The molecule has 0 aliphatic rings. The van der Waals surface area contributed by atoms with E-state index in [1.165, 1.54) is 0 Å². The minimum absolute atomic E-state index is 0.758. The topological polar surface area (TPSA) is 68.0 Å². The minimum Gasteiger partial charge on any atom is -0.360 e. The van der Waals surface area contributed by atoms with Crippen molar-refractivity contribution >= 4 is 34.0 Å². The third-order valence-electron chi connectivity index (χ3n) is 2.89. The summed E-state index contributed by atoms with van der Waals surface area (Å²) in [5.74, 6) is 1.52. The highest BCUT2D eigenvalue weighted by Crippen LogP contribution is 2.28. The quantitative estimate of drug-likeness (QED) is 0.729. The molecular formula is C13H16N6S2. The zero-order valence-corrected chi connectivity index (χ0v) is 13.8. The summed E-state index contributed by atoms with van der Waals surface area (Å²) in [5.41, 5.74) is 3.14. The molecule has 0 saturated carbocycles. The number of imidazole rings is 1. The number of hydrogen-bond donors (Lipinski definition) is 1. The normalized spacial score (nSPS) is 11.2. The van der Waals surface area contributed by atoms with Gasteiger partial charge < -0.3 is 5.32 Å². The third kappa shape index (κ3) is 3.16. The van der Waals surface area contributed by atoms with Crippen molar-refractivity contribution in [2.24, 2.45) is 0 Å². The SMILES string of the molecule is CCNc1nnc(SCc2cn3c(C)cc(C)nc3n2)s1. The summed E-state index contributed by atoms with van der Waals surface area (Å²) >= 11 is 3.22. The number of nitrogens with zero attached hydrogens (tertiary/aromatic N) is 5. The lowest BCUT2D eigenvalue weighted by atomic mass is 10.3. The minimum atomic E-state index is 0.758. The van der Waals surface area contributed by atoms with Crippen molar-refractivity contribution in [3.63, 3.8) is 0 Å². The number of aryl methyl sites for hydroxylation is 2. The lowest BCUT2D eigenvalue weighted by Crippen LogP contribution is -1.94. The summed E-state index contributed by atoms with van der Waals surface area (Å²) in [7, 11) is 0. The van der Waals surface area contributed by atoms with Crippen molar-refractivity contribution in [2.45, 2.75) is 30.9 Å². The van der Waals surface area contributed by atoms with Crippen LogP contribution in [0.25, 0.3) is 5.78 Å². The van der Waals surface area contributed by atoms with E-state index in [0.717, 1.165) is 44.6 Å². The maximum Gasteiger partial charge on any atom is 0.234 e. The smallest absolute Gasteiger partial charge is 0.234 e. The van der Waals surface area contributed by atoms with Crippen molar-refractivity contribution in [1.29, 1.82) is 0 Å². The fourth-order valence-electron chi connectivity index (χ4n) is 2.01. The summed E-state index contributed by atoms with van der Waals surface area (Å²) in [5, 5.41) is 12.3. The van der Waals surface area contributed by atoms with Crippen LogP contribution in [-0.4, -0.2) is 31.1 Å². The molecule has 3 aromatic heterocycles. The number of rotatable bonds is 5. The van der Waals surface area contributed by atoms with Crippen molar-refractivity contribution in [2.75, 3.05) is 11.9 Å². The second-order valence-electron chi connectivity index (χ2n) is 4.63. The van der Waals surface area contributed by atoms with Gasteiger partial charge in [-0.05, 0) is 26.8 Å². The summed E-state index contributed by atoms with van der Waals surface area (Å²) < 4.78 is 2.97. The highest BCUT2D eigenvalue weighted by atomic mass is 32.2. The van der Waals surface area contributed by atoms with Crippen LogP contribution < -0.4 is 5.32 Å². The summed E-state index contributed by atoms with van der Waals surface area (Å²) in [6.45, 7) is 6.95. The number of nitrogens with one attached hydrogen (secondary N) is 1. The Morgan fingerprint density at radius 3 is 2.95 bits per heavy atom. The molecule has 110 valence electrons. The number of anilines is 1. The molecule has 0 bridgehead atoms. The molecule has 3 heterocycles. The number of aromatic nitrogens is 5. The Morgan fingerprint density at radius 2 is 2.14 bits per heavy atom. The van der Waals surface area contributed by atoms with Gasteiger partial charge in [0.25, 0.3) is 0 Å². The second kappa shape index (κ2) is 5.98. The van der Waals surface area contributed by atoms with Crippen molar-refractivity contribution in [3.8, 4) is 0 Å². The van der Waals surface area contributed by atoms with Crippen molar-refractivity contribution in [3.05, 3.63) is 29.3 Å². The lowest BCUT2D eigenvalue weighted by Gasteiger charge is -1.98. The molecule has 0 saturated heterocycles. The van der Waals surface area contributed by atoms with Gasteiger partial charge in [0.2, 0.25) is 10.9 Å². The van der Waals surface area contributed by atoms with Crippen LogP contribution in [0.5, 0.6) is 0 Å². The fourth-order valence-corrected chi connectivity index (χ4v) is 3.72. The first-order valence-corrected chi connectivity index (χ1v) is 8.48.